The van der Waals surface area contributed by atoms with Crippen molar-refractivity contribution in [1.29, 1.82) is 0 Å². The summed E-state index contributed by atoms with van der Waals surface area (Å²) in [5, 5.41) is 0.611. The number of amides is 1. The largest absolute Gasteiger partial charge is 0.497 e. The van der Waals surface area contributed by atoms with Crippen molar-refractivity contribution in [2.45, 2.75) is 48.5 Å². The number of nitrogens with zero attached hydrogens (tertiary/aromatic N) is 2. The molecular weight excluding hydrogens is 590 g/mol. The highest BCUT2D eigenvalue weighted by atomic mass is 32.2. The fraction of sp³-hybridized carbons (Fsp3) is 0.250. The Kier molecular flexibility index (Phi) is 8.87. The molecule has 0 N–H and O–H groups in total. The van der Waals surface area contributed by atoms with Gasteiger partial charge in [-0.05, 0) is 86.0 Å². The molecule has 0 saturated carbocycles. The molecule has 1 aromatic heterocycles. The number of rotatable bonds is 7. The van der Waals surface area contributed by atoms with Crippen LogP contribution < -0.4 is 9.64 Å². The Bertz CT molecular complexity index is 1600. The fourth-order valence-electron chi connectivity index (χ4n) is 4.58. The number of carbonyl (C=O) groups excluding carboxylic acids is 1. The minimum atomic E-state index is -5.04. The quantitative estimate of drug-likeness (QED) is 0.194. The summed E-state index contributed by atoms with van der Waals surface area (Å²) < 4.78 is 86.7. The van der Waals surface area contributed by atoms with E-state index in [1.54, 1.807) is 13.2 Å². The number of ether oxygens (including phenoxy) is 1. The van der Waals surface area contributed by atoms with E-state index in [9.17, 15) is 31.1 Å². The molecule has 226 valence electrons. The predicted molar refractivity (Wildman–Crippen MR) is 154 cm³/mol. The minimum Gasteiger partial charge on any atom is -0.497 e. The van der Waals surface area contributed by atoms with Crippen LogP contribution in [0.2, 0.25) is 0 Å². The van der Waals surface area contributed by atoms with Crippen LogP contribution in [0.3, 0.4) is 0 Å². The molecule has 0 saturated heterocycles. The SMILES string of the molecule is COc1ccc(Sc2cc(-c3ccccc3C)c(N(C)C(=O)C(C)(C)c3cc(C(F)(F)F)cc(C(F)(F)F)c3)cn2)cc1. The van der Waals surface area contributed by atoms with E-state index in [1.165, 1.54) is 43.8 Å². The summed E-state index contributed by atoms with van der Waals surface area (Å²) >= 11 is 1.38. The number of pyridine rings is 1. The first-order valence-corrected chi connectivity index (χ1v) is 13.8. The molecular formula is C32H28F6N2O2S. The molecule has 4 nitrogen and oxygen atoms in total. The number of hydrogen-bond donors (Lipinski definition) is 0. The molecule has 4 rings (SSSR count). The van der Waals surface area contributed by atoms with Crippen LogP contribution in [0.15, 0.2) is 88.9 Å². The van der Waals surface area contributed by atoms with Gasteiger partial charge in [0.05, 0.1) is 35.5 Å². The molecule has 0 aliphatic heterocycles. The van der Waals surface area contributed by atoms with Gasteiger partial charge in [0.2, 0.25) is 5.91 Å². The lowest BCUT2D eigenvalue weighted by molar-refractivity contribution is -0.143. The standard InChI is InChI=1S/C32H28F6N2O2S/c1-19-8-6-7-9-25(19)26-17-28(43-24-12-10-23(42-5)11-13-24)39-18-27(26)40(4)29(41)30(2,3)20-14-21(31(33,34)35)16-22(15-20)32(36,37)38/h6-18H,1-5H3. The van der Waals surface area contributed by atoms with Gasteiger partial charge in [0.15, 0.2) is 0 Å². The van der Waals surface area contributed by atoms with Crippen molar-refractivity contribution in [2.75, 3.05) is 19.1 Å². The molecule has 11 heteroatoms. The fourth-order valence-corrected chi connectivity index (χ4v) is 5.37. The van der Waals surface area contributed by atoms with Gasteiger partial charge in [0.25, 0.3) is 0 Å². The molecule has 0 fully saturated rings. The van der Waals surface area contributed by atoms with E-state index < -0.39 is 40.4 Å². The molecule has 0 aliphatic rings. The number of carbonyl (C=O) groups is 1. The summed E-state index contributed by atoms with van der Waals surface area (Å²) in [5.74, 6) is -0.0220. The topological polar surface area (TPSA) is 42.4 Å². The Balaban J connectivity index is 1.78. The van der Waals surface area contributed by atoms with Gasteiger partial charge >= 0.3 is 12.4 Å². The van der Waals surface area contributed by atoms with Crippen molar-refractivity contribution in [3.05, 3.63) is 101 Å². The van der Waals surface area contributed by atoms with Gasteiger partial charge in [-0.2, -0.15) is 26.3 Å². The normalized spacial score (nSPS) is 12.3. The first-order chi connectivity index (χ1) is 20.0. The average Bonchev–Trinajstić information content (AvgIpc) is 2.96. The number of aryl methyl sites for hydroxylation is 1. The summed E-state index contributed by atoms with van der Waals surface area (Å²) in [6, 6.07) is 17.8. The molecule has 0 bridgehead atoms. The van der Waals surface area contributed by atoms with E-state index in [4.69, 9.17) is 4.74 Å². The summed E-state index contributed by atoms with van der Waals surface area (Å²) in [6.07, 6.45) is -8.60. The van der Waals surface area contributed by atoms with Crippen LogP contribution in [0.4, 0.5) is 32.0 Å². The highest BCUT2D eigenvalue weighted by Crippen LogP contribution is 2.41. The Morgan fingerprint density at radius 1 is 0.814 bits per heavy atom. The third-order valence-electron chi connectivity index (χ3n) is 7.08. The maximum absolute atomic E-state index is 13.9. The monoisotopic (exact) mass is 618 g/mol. The third-order valence-corrected chi connectivity index (χ3v) is 8.03. The van der Waals surface area contributed by atoms with E-state index >= 15 is 0 Å². The summed E-state index contributed by atoms with van der Waals surface area (Å²) in [5.41, 5.74) is -2.51. The minimum absolute atomic E-state index is 0.0488. The summed E-state index contributed by atoms with van der Waals surface area (Å²) in [6.45, 7) is 4.50. The zero-order chi connectivity index (χ0) is 31.7. The van der Waals surface area contributed by atoms with Crippen LogP contribution in [0, 0.1) is 6.92 Å². The second-order valence-electron chi connectivity index (χ2n) is 10.4. The molecule has 1 amide bonds. The van der Waals surface area contributed by atoms with E-state index in [-0.39, 0.29) is 6.07 Å². The van der Waals surface area contributed by atoms with Crippen LogP contribution in [0.25, 0.3) is 11.1 Å². The average molecular weight is 619 g/mol. The lowest BCUT2D eigenvalue weighted by atomic mass is 9.81. The number of alkyl halides is 6. The van der Waals surface area contributed by atoms with Crippen molar-refractivity contribution >= 4 is 23.4 Å². The Morgan fingerprint density at radius 3 is 1.91 bits per heavy atom. The first kappa shape index (κ1) is 31.9. The highest BCUT2D eigenvalue weighted by molar-refractivity contribution is 7.99. The number of aromatic nitrogens is 1. The number of anilines is 1. The zero-order valence-electron chi connectivity index (χ0n) is 23.9. The molecule has 4 aromatic rings. The van der Waals surface area contributed by atoms with Crippen LogP contribution in [-0.2, 0) is 22.6 Å². The Morgan fingerprint density at radius 2 is 1.37 bits per heavy atom. The van der Waals surface area contributed by atoms with Crippen LogP contribution in [0.5, 0.6) is 5.75 Å². The van der Waals surface area contributed by atoms with Crippen molar-refractivity contribution in [2.24, 2.45) is 0 Å². The smallest absolute Gasteiger partial charge is 0.416 e. The molecule has 0 aliphatic carbocycles. The van der Waals surface area contributed by atoms with Gasteiger partial charge in [-0.3, -0.25) is 4.79 Å². The van der Waals surface area contributed by atoms with Gasteiger partial charge in [-0.15, -0.1) is 0 Å². The predicted octanol–water partition coefficient (Wildman–Crippen LogP) is 9.20. The second kappa shape index (κ2) is 11.9. The number of halogens is 6. The van der Waals surface area contributed by atoms with Crippen LogP contribution in [0.1, 0.15) is 36.1 Å². The van der Waals surface area contributed by atoms with Gasteiger partial charge in [-0.25, -0.2) is 4.98 Å². The van der Waals surface area contributed by atoms with E-state index in [0.717, 1.165) is 16.0 Å². The van der Waals surface area contributed by atoms with Crippen LogP contribution >= 0.6 is 11.8 Å². The number of likely N-dealkylation sites (N-methyl/N-ethyl adjacent to an activating group) is 1. The Hall–Kier alpha value is -3.99. The van der Waals surface area contributed by atoms with Gasteiger partial charge in [0.1, 0.15) is 10.8 Å². The van der Waals surface area contributed by atoms with Crippen LogP contribution in [-0.4, -0.2) is 25.0 Å². The van der Waals surface area contributed by atoms with Gasteiger partial charge in [-0.1, -0.05) is 36.0 Å². The molecule has 1 heterocycles. The maximum atomic E-state index is 13.9. The van der Waals surface area contributed by atoms with E-state index in [0.29, 0.717) is 34.2 Å². The summed E-state index contributed by atoms with van der Waals surface area (Å²) in [4.78, 5) is 20.5. The maximum Gasteiger partial charge on any atom is 0.416 e. The second-order valence-corrected chi connectivity index (χ2v) is 11.5. The van der Waals surface area contributed by atoms with E-state index in [1.807, 2.05) is 55.5 Å². The molecule has 0 unspecified atom stereocenters. The lowest BCUT2D eigenvalue weighted by Gasteiger charge is -2.32. The van der Waals surface area contributed by atoms with Crippen molar-refractivity contribution in [3.8, 4) is 16.9 Å². The lowest BCUT2D eigenvalue weighted by Crippen LogP contribution is -2.42. The molecule has 0 atom stereocenters. The molecule has 43 heavy (non-hydrogen) atoms. The number of benzene rings is 3. The van der Waals surface area contributed by atoms with Gasteiger partial charge in [0, 0.05) is 17.5 Å². The zero-order valence-corrected chi connectivity index (χ0v) is 24.7. The molecule has 0 spiro atoms. The van der Waals surface area contributed by atoms with Crippen molar-refractivity contribution in [1.82, 2.24) is 4.98 Å². The third kappa shape index (κ3) is 6.98. The highest BCUT2D eigenvalue weighted by Gasteiger charge is 2.41. The van der Waals surface area contributed by atoms with Gasteiger partial charge < -0.3 is 9.64 Å². The van der Waals surface area contributed by atoms with E-state index in [2.05, 4.69) is 4.98 Å². The number of hydrogen-bond acceptors (Lipinski definition) is 4. The molecule has 0 radical (unpaired) electrons. The Labute approximate surface area is 249 Å². The number of methoxy groups -OCH3 is 1. The van der Waals surface area contributed by atoms with Crippen molar-refractivity contribution in [3.63, 3.8) is 0 Å². The summed E-state index contributed by atoms with van der Waals surface area (Å²) in [7, 11) is 3.00. The molecule has 3 aromatic carbocycles. The van der Waals surface area contributed by atoms with Crippen molar-refractivity contribution < 1.29 is 35.9 Å². The first-order valence-electron chi connectivity index (χ1n) is 13.0.